The number of hydrogen-bond donors (Lipinski definition) is 3. The Morgan fingerprint density at radius 1 is 1.14 bits per heavy atom. The van der Waals surface area contributed by atoms with E-state index in [1.54, 1.807) is 19.9 Å². The standard InChI is InChI=1S/C24H21F3N6O4/c1-12-8-20(30-14(3)28-12)31-23(36)21-13(2)29-22-19(37-11-15(35)10-34)9-18(32-33(21)22)16-6-4-5-7-17(16)24(25,26)27/h4-9,11,34-35H,10H2,1-3H3,(H,28,30,31,36)/b15-11+. The fourth-order valence-corrected chi connectivity index (χ4v) is 3.66. The number of hydrogen-bond acceptors (Lipinski definition) is 8. The van der Waals surface area contributed by atoms with Crippen molar-refractivity contribution >= 4 is 17.4 Å². The number of aliphatic hydroxyl groups excluding tert-OH is 2. The number of aryl methyl sites for hydroxylation is 3. The van der Waals surface area contributed by atoms with E-state index < -0.39 is 30.0 Å². The first-order chi connectivity index (χ1) is 17.5. The van der Waals surface area contributed by atoms with Crippen LogP contribution in [-0.4, -0.2) is 47.3 Å². The average molecular weight is 514 g/mol. The van der Waals surface area contributed by atoms with Crippen molar-refractivity contribution < 1.29 is 32.9 Å². The van der Waals surface area contributed by atoms with Gasteiger partial charge in [0.1, 0.15) is 24.5 Å². The maximum atomic E-state index is 13.7. The molecule has 0 unspecified atom stereocenters. The van der Waals surface area contributed by atoms with E-state index in [1.165, 1.54) is 31.2 Å². The number of benzene rings is 1. The van der Waals surface area contributed by atoms with Gasteiger partial charge in [-0.15, -0.1) is 0 Å². The summed E-state index contributed by atoms with van der Waals surface area (Å²) in [5, 5.41) is 25.6. The summed E-state index contributed by atoms with van der Waals surface area (Å²) in [6, 6.07) is 7.56. The van der Waals surface area contributed by atoms with Gasteiger partial charge < -0.3 is 20.3 Å². The second-order valence-electron chi connectivity index (χ2n) is 8.00. The first kappa shape index (κ1) is 25.6. The van der Waals surface area contributed by atoms with E-state index in [9.17, 15) is 23.1 Å². The van der Waals surface area contributed by atoms with Crippen molar-refractivity contribution in [3.8, 4) is 17.0 Å². The van der Waals surface area contributed by atoms with E-state index in [2.05, 4.69) is 25.4 Å². The summed E-state index contributed by atoms with van der Waals surface area (Å²) in [4.78, 5) is 25.9. The molecule has 3 heterocycles. The molecule has 37 heavy (non-hydrogen) atoms. The van der Waals surface area contributed by atoms with Crippen molar-refractivity contribution in [3.63, 3.8) is 0 Å². The predicted octanol–water partition coefficient (Wildman–Crippen LogP) is 4.15. The average Bonchev–Trinajstić information content (AvgIpc) is 3.16. The van der Waals surface area contributed by atoms with Gasteiger partial charge >= 0.3 is 6.18 Å². The molecule has 0 fully saturated rings. The number of nitrogens with zero attached hydrogens (tertiary/aromatic N) is 5. The van der Waals surface area contributed by atoms with Gasteiger partial charge in [-0.1, -0.05) is 18.2 Å². The second kappa shape index (κ2) is 9.85. The molecule has 10 nitrogen and oxygen atoms in total. The number of alkyl halides is 3. The van der Waals surface area contributed by atoms with Crippen LogP contribution in [0.25, 0.3) is 16.9 Å². The Morgan fingerprint density at radius 3 is 2.54 bits per heavy atom. The molecule has 1 aromatic carbocycles. The zero-order valence-electron chi connectivity index (χ0n) is 19.8. The molecule has 1 amide bonds. The van der Waals surface area contributed by atoms with E-state index in [0.717, 1.165) is 16.8 Å². The topological polar surface area (TPSA) is 135 Å². The minimum atomic E-state index is -4.68. The van der Waals surface area contributed by atoms with Gasteiger partial charge in [0.05, 0.1) is 17.0 Å². The monoisotopic (exact) mass is 514 g/mol. The van der Waals surface area contributed by atoms with Gasteiger partial charge in [-0.3, -0.25) is 4.79 Å². The van der Waals surface area contributed by atoms with Crippen LogP contribution in [0.15, 0.2) is 48.4 Å². The third-order valence-electron chi connectivity index (χ3n) is 5.14. The van der Waals surface area contributed by atoms with Crippen LogP contribution in [-0.2, 0) is 6.18 Å². The van der Waals surface area contributed by atoms with E-state index in [0.29, 0.717) is 11.5 Å². The fourth-order valence-electron chi connectivity index (χ4n) is 3.66. The minimum absolute atomic E-state index is 0.00655. The highest BCUT2D eigenvalue weighted by Crippen LogP contribution is 2.38. The van der Waals surface area contributed by atoms with Gasteiger partial charge in [-0.2, -0.15) is 18.3 Å². The van der Waals surface area contributed by atoms with Crippen LogP contribution in [0.2, 0.25) is 0 Å². The number of amides is 1. The Labute approximate surface area is 208 Å². The Bertz CT molecular complexity index is 1510. The largest absolute Gasteiger partial charge is 0.507 e. The van der Waals surface area contributed by atoms with Gasteiger partial charge in [0.25, 0.3) is 5.91 Å². The van der Waals surface area contributed by atoms with Gasteiger partial charge in [0, 0.05) is 23.4 Å². The molecule has 0 aliphatic carbocycles. The molecule has 0 atom stereocenters. The molecule has 0 bridgehead atoms. The lowest BCUT2D eigenvalue weighted by Gasteiger charge is -2.14. The summed E-state index contributed by atoms with van der Waals surface area (Å²) >= 11 is 0. The van der Waals surface area contributed by atoms with E-state index in [-0.39, 0.29) is 39.9 Å². The number of fused-ring (bicyclic) bond motifs is 1. The highest BCUT2D eigenvalue weighted by Gasteiger charge is 2.34. The smallest absolute Gasteiger partial charge is 0.417 e. The normalized spacial score (nSPS) is 12.1. The number of halogens is 3. The van der Waals surface area contributed by atoms with Crippen LogP contribution < -0.4 is 10.1 Å². The van der Waals surface area contributed by atoms with Crippen LogP contribution in [0.4, 0.5) is 19.0 Å². The number of rotatable bonds is 6. The van der Waals surface area contributed by atoms with Crippen LogP contribution in [0, 0.1) is 20.8 Å². The van der Waals surface area contributed by atoms with Gasteiger partial charge in [-0.05, 0) is 26.8 Å². The van der Waals surface area contributed by atoms with Crippen LogP contribution >= 0.6 is 0 Å². The third kappa shape index (κ3) is 5.35. The summed E-state index contributed by atoms with van der Waals surface area (Å²) in [6.45, 7) is 4.18. The summed E-state index contributed by atoms with van der Waals surface area (Å²) in [6.07, 6.45) is -3.87. The zero-order valence-corrected chi connectivity index (χ0v) is 19.8. The molecule has 0 saturated heterocycles. The Morgan fingerprint density at radius 2 is 1.86 bits per heavy atom. The summed E-state index contributed by atoms with van der Waals surface area (Å²) < 4.78 is 47.7. The summed E-state index contributed by atoms with van der Waals surface area (Å²) in [7, 11) is 0. The predicted molar refractivity (Wildman–Crippen MR) is 126 cm³/mol. The zero-order chi connectivity index (χ0) is 26.9. The molecule has 3 N–H and O–H groups in total. The van der Waals surface area contributed by atoms with E-state index in [4.69, 9.17) is 9.84 Å². The minimum Gasteiger partial charge on any atom is -0.507 e. The molecule has 192 valence electrons. The molecule has 4 aromatic rings. The molecule has 0 saturated carbocycles. The molecule has 0 aliphatic rings. The molecular weight excluding hydrogens is 493 g/mol. The van der Waals surface area contributed by atoms with Crippen molar-refractivity contribution in [2.24, 2.45) is 0 Å². The van der Waals surface area contributed by atoms with Crippen molar-refractivity contribution in [1.82, 2.24) is 24.6 Å². The van der Waals surface area contributed by atoms with E-state index in [1.807, 2.05) is 0 Å². The van der Waals surface area contributed by atoms with Crippen LogP contribution in [0.3, 0.4) is 0 Å². The third-order valence-corrected chi connectivity index (χ3v) is 5.14. The first-order valence-electron chi connectivity index (χ1n) is 10.8. The Balaban J connectivity index is 1.91. The molecule has 0 aliphatic heterocycles. The number of ether oxygens (including phenoxy) is 1. The molecule has 3 aromatic heterocycles. The lowest BCUT2D eigenvalue weighted by Crippen LogP contribution is -2.18. The van der Waals surface area contributed by atoms with Gasteiger partial charge in [0.2, 0.25) is 0 Å². The number of aromatic nitrogens is 5. The first-order valence-corrected chi connectivity index (χ1v) is 10.8. The molecule has 4 rings (SSSR count). The number of anilines is 1. The van der Waals surface area contributed by atoms with Crippen LogP contribution in [0.1, 0.15) is 33.3 Å². The molecule has 13 heteroatoms. The van der Waals surface area contributed by atoms with Gasteiger partial charge in [0.15, 0.2) is 22.8 Å². The highest BCUT2D eigenvalue weighted by atomic mass is 19.4. The molecular formula is C24H21F3N6O4. The van der Waals surface area contributed by atoms with Crippen molar-refractivity contribution in [2.75, 3.05) is 11.9 Å². The lowest BCUT2D eigenvalue weighted by molar-refractivity contribution is -0.137. The molecule has 0 spiro atoms. The number of carbonyl (C=O) groups is 1. The Hall–Kier alpha value is -4.52. The number of carbonyl (C=O) groups excluding carboxylic acids is 1. The molecule has 0 radical (unpaired) electrons. The number of imidazole rings is 1. The second-order valence-corrected chi connectivity index (χ2v) is 8.00. The Kier molecular flexibility index (Phi) is 6.81. The highest BCUT2D eigenvalue weighted by molar-refractivity contribution is 6.04. The quantitative estimate of drug-likeness (QED) is 0.327. The summed E-state index contributed by atoms with van der Waals surface area (Å²) in [5.74, 6) is -0.674. The number of nitrogens with one attached hydrogen (secondary N) is 1. The SMILES string of the molecule is Cc1cc(NC(=O)c2c(C)nc3c(O/C=C(/O)CO)cc(-c4ccccc4C(F)(F)F)nn23)nc(C)n1. The van der Waals surface area contributed by atoms with Gasteiger partial charge in [-0.25, -0.2) is 19.5 Å². The lowest BCUT2D eigenvalue weighted by atomic mass is 10.0. The van der Waals surface area contributed by atoms with Crippen LogP contribution in [0.5, 0.6) is 5.75 Å². The van der Waals surface area contributed by atoms with E-state index >= 15 is 0 Å². The number of aliphatic hydroxyl groups is 2. The summed E-state index contributed by atoms with van der Waals surface area (Å²) in [5.41, 5.74) is -0.647. The van der Waals surface area contributed by atoms with Crippen molar-refractivity contribution in [3.05, 3.63) is 76.9 Å². The maximum Gasteiger partial charge on any atom is 0.417 e. The van der Waals surface area contributed by atoms with Crippen molar-refractivity contribution in [1.29, 1.82) is 0 Å². The maximum absolute atomic E-state index is 13.7. The van der Waals surface area contributed by atoms with Crippen molar-refractivity contribution in [2.45, 2.75) is 26.9 Å². The fraction of sp³-hybridized carbons (Fsp3) is 0.208.